The van der Waals surface area contributed by atoms with Crippen molar-refractivity contribution < 1.29 is 26.3 Å². The summed E-state index contributed by atoms with van der Waals surface area (Å²) in [6.07, 6.45) is -9.49. The molecule has 2 nitrogen and oxygen atoms in total. The van der Waals surface area contributed by atoms with Gasteiger partial charge >= 0.3 is 12.4 Å². The first kappa shape index (κ1) is 20.4. The highest BCUT2D eigenvalue weighted by Gasteiger charge is 2.38. The maximum absolute atomic E-state index is 13.1. The summed E-state index contributed by atoms with van der Waals surface area (Å²) in [7, 11) is 0.439. The highest BCUT2D eigenvalue weighted by Crippen LogP contribution is 2.33. The molecule has 0 saturated carbocycles. The van der Waals surface area contributed by atoms with E-state index in [0.29, 0.717) is 0 Å². The van der Waals surface area contributed by atoms with E-state index >= 15 is 0 Å². The van der Waals surface area contributed by atoms with E-state index in [4.69, 9.17) is 0 Å². The maximum atomic E-state index is 13.1. The molecule has 2 aromatic carbocycles. The zero-order chi connectivity index (χ0) is 19.2. The fourth-order valence-corrected chi connectivity index (χ4v) is 3.12. The minimum atomic E-state index is -4.75. The quantitative estimate of drug-likeness (QED) is 0.191. The molecule has 138 valence electrons. The largest absolute Gasteiger partial charge is 0.434 e. The summed E-state index contributed by atoms with van der Waals surface area (Å²) < 4.78 is 85.1. The first-order valence-electron chi connectivity index (χ1n) is 6.93. The van der Waals surface area contributed by atoms with Crippen LogP contribution in [0.15, 0.2) is 69.5 Å². The molecule has 2 rings (SSSR count). The molecule has 0 spiro atoms. The van der Waals surface area contributed by atoms with Gasteiger partial charge in [-0.15, -0.1) is 0 Å². The molecule has 0 aromatic heterocycles. The predicted octanol–water partition coefficient (Wildman–Crippen LogP) is 6.30. The molecular formula is C16H10F6N2S2. The Morgan fingerprint density at radius 1 is 0.577 bits per heavy atom. The molecule has 0 atom stereocenters. The van der Waals surface area contributed by atoms with Gasteiger partial charge in [-0.1, -0.05) is 60.7 Å². The topological polar surface area (TPSA) is 24.7 Å². The Kier molecular flexibility index (Phi) is 6.76. The Morgan fingerprint density at radius 3 is 1.15 bits per heavy atom. The third-order valence-corrected chi connectivity index (χ3v) is 4.15. The van der Waals surface area contributed by atoms with E-state index in [-0.39, 0.29) is 33.1 Å². The lowest BCUT2D eigenvalue weighted by Crippen LogP contribution is -2.23. The molecule has 0 heterocycles. The van der Waals surface area contributed by atoms with Crippen LogP contribution < -0.4 is 0 Å². The van der Waals surface area contributed by atoms with Gasteiger partial charge in [0.1, 0.15) is 0 Å². The third kappa shape index (κ3) is 5.80. The van der Waals surface area contributed by atoms with E-state index in [1.807, 2.05) is 0 Å². The Balaban J connectivity index is 2.21. The Labute approximate surface area is 153 Å². The SMILES string of the molecule is FC(F)(F)/C(=N\SS/N=C(/c1ccccc1)C(F)(F)F)c1ccccc1. The van der Waals surface area contributed by atoms with Crippen LogP contribution in [0.4, 0.5) is 26.3 Å². The molecule has 0 radical (unpaired) electrons. The second-order valence-electron chi connectivity index (χ2n) is 4.76. The number of halogens is 6. The van der Waals surface area contributed by atoms with Crippen LogP contribution in [-0.4, -0.2) is 23.8 Å². The molecule has 0 aliphatic rings. The summed E-state index contributed by atoms with van der Waals surface area (Å²) in [5, 5.41) is 0. The number of nitrogens with zero attached hydrogens (tertiary/aromatic N) is 2. The van der Waals surface area contributed by atoms with Crippen molar-refractivity contribution >= 4 is 33.4 Å². The Morgan fingerprint density at radius 2 is 0.885 bits per heavy atom. The lowest BCUT2D eigenvalue weighted by Gasteiger charge is -2.11. The molecule has 0 aliphatic heterocycles. The predicted molar refractivity (Wildman–Crippen MR) is 93.2 cm³/mol. The molecule has 2 aromatic rings. The zero-order valence-electron chi connectivity index (χ0n) is 12.8. The minimum Gasteiger partial charge on any atom is -0.198 e. The molecular weight excluding hydrogens is 398 g/mol. The van der Waals surface area contributed by atoms with Crippen molar-refractivity contribution in [1.29, 1.82) is 0 Å². The highest BCUT2D eigenvalue weighted by molar-refractivity contribution is 8.75. The molecule has 0 aliphatic carbocycles. The van der Waals surface area contributed by atoms with Gasteiger partial charge in [0.25, 0.3) is 0 Å². The number of benzene rings is 2. The van der Waals surface area contributed by atoms with E-state index in [1.54, 1.807) is 12.1 Å². The molecule has 0 bridgehead atoms. The number of hydrogen-bond acceptors (Lipinski definition) is 4. The summed E-state index contributed by atoms with van der Waals surface area (Å²) in [4.78, 5) is 0. The number of alkyl halides is 6. The second kappa shape index (κ2) is 8.63. The van der Waals surface area contributed by atoms with Gasteiger partial charge in [-0.3, -0.25) is 0 Å². The average Bonchev–Trinajstić information content (AvgIpc) is 2.57. The van der Waals surface area contributed by atoms with Gasteiger partial charge in [0.15, 0.2) is 11.4 Å². The number of rotatable bonds is 5. The van der Waals surface area contributed by atoms with Gasteiger partial charge in [0.2, 0.25) is 0 Å². The van der Waals surface area contributed by atoms with Crippen LogP contribution in [0.25, 0.3) is 0 Å². The highest BCUT2D eigenvalue weighted by atomic mass is 33.1. The van der Waals surface area contributed by atoms with Crippen molar-refractivity contribution in [2.24, 2.45) is 8.80 Å². The van der Waals surface area contributed by atoms with Crippen LogP contribution in [0, 0.1) is 0 Å². The van der Waals surface area contributed by atoms with Crippen LogP contribution >= 0.6 is 22.0 Å². The van der Waals surface area contributed by atoms with Crippen molar-refractivity contribution in [2.75, 3.05) is 0 Å². The van der Waals surface area contributed by atoms with Crippen LogP contribution in [0.1, 0.15) is 11.1 Å². The maximum Gasteiger partial charge on any atom is 0.434 e. The Bertz CT molecular complexity index is 703. The van der Waals surface area contributed by atoms with E-state index in [2.05, 4.69) is 8.80 Å². The Hall–Kier alpha value is -1.94. The summed E-state index contributed by atoms with van der Waals surface area (Å²) in [5.41, 5.74) is -2.76. The van der Waals surface area contributed by atoms with Crippen molar-refractivity contribution in [3.63, 3.8) is 0 Å². The first-order chi connectivity index (χ1) is 12.2. The summed E-state index contributed by atoms with van der Waals surface area (Å²) in [5.74, 6) is 0. The standard InChI is InChI=1S/C16H10F6N2S2/c17-15(18,19)13(11-7-3-1-4-8-11)23-25-26-24-14(16(20,21)22)12-9-5-2-6-10-12/h1-10H/b23-13-,24-14-. The zero-order valence-corrected chi connectivity index (χ0v) is 14.4. The molecule has 0 saturated heterocycles. The summed E-state index contributed by atoms with van der Waals surface area (Å²) >= 11 is 0. The summed E-state index contributed by atoms with van der Waals surface area (Å²) in [6, 6.07) is 13.6. The monoisotopic (exact) mass is 408 g/mol. The van der Waals surface area contributed by atoms with Gasteiger partial charge in [-0.2, -0.15) is 35.1 Å². The molecule has 0 N–H and O–H groups in total. The lowest BCUT2D eigenvalue weighted by molar-refractivity contribution is -0.0586. The van der Waals surface area contributed by atoms with Crippen molar-refractivity contribution in [2.45, 2.75) is 12.4 Å². The molecule has 0 fully saturated rings. The van der Waals surface area contributed by atoms with Gasteiger partial charge < -0.3 is 0 Å². The minimum absolute atomic E-state index is 0.184. The lowest BCUT2D eigenvalue weighted by atomic mass is 10.1. The average molecular weight is 408 g/mol. The van der Waals surface area contributed by atoms with Crippen LogP contribution in [0.2, 0.25) is 0 Å². The molecule has 26 heavy (non-hydrogen) atoms. The normalized spacial score (nSPS) is 13.8. The van der Waals surface area contributed by atoms with Crippen molar-refractivity contribution in [1.82, 2.24) is 0 Å². The molecule has 10 heteroatoms. The summed E-state index contributed by atoms with van der Waals surface area (Å²) in [6.45, 7) is 0. The van der Waals surface area contributed by atoms with E-state index in [1.165, 1.54) is 48.5 Å². The van der Waals surface area contributed by atoms with Gasteiger partial charge in [-0.05, 0) is 0 Å². The van der Waals surface area contributed by atoms with E-state index in [0.717, 1.165) is 0 Å². The number of hydrogen-bond donors (Lipinski definition) is 0. The van der Waals surface area contributed by atoms with Crippen LogP contribution in [0.3, 0.4) is 0 Å². The molecule has 0 unspecified atom stereocenters. The third-order valence-electron chi connectivity index (χ3n) is 2.92. The van der Waals surface area contributed by atoms with Crippen LogP contribution in [-0.2, 0) is 0 Å². The first-order valence-corrected chi connectivity index (χ1v) is 9.00. The van der Waals surface area contributed by atoms with E-state index in [9.17, 15) is 26.3 Å². The van der Waals surface area contributed by atoms with Crippen molar-refractivity contribution in [3.8, 4) is 0 Å². The molecule has 0 amide bonds. The van der Waals surface area contributed by atoms with Crippen LogP contribution in [0.5, 0.6) is 0 Å². The van der Waals surface area contributed by atoms with Gasteiger partial charge in [0, 0.05) is 11.1 Å². The second-order valence-corrected chi connectivity index (χ2v) is 6.31. The van der Waals surface area contributed by atoms with E-state index < -0.39 is 23.8 Å². The fraction of sp³-hybridized carbons (Fsp3) is 0.125. The van der Waals surface area contributed by atoms with Gasteiger partial charge in [0.05, 0.1) is 22.0 Å². The fourth-order valence-electron chi connectivity index (χ4n) is 1.84. The van der Waals surface area contributed by atoms with Gasteiger partial charge in [-0.25, -0.2) is 0 Å². The van der Waals surface area contributed by atoms with Crippen molar-refractivity contribution in [3.05, 3.63) is 71.8 Å². The smallest absolute Gasteiger partial charge is 0.198 e.